The smallest absolute Gasteiger partial charge is 0.0619 e. The summed E-state index contributed by atoms with van der Waals surface area (Å²) in [6.07, 6.45) is 11.0. The molecule has 100 valence electrons. The second-order valence-corrected chi connectivity index (χ2v) is 5.60. The lowest BCUT2D eigenvalue weighted by Gasteiger charge is -2.36. The maximum absolute atomic E-state index is 6.31. The minimum atomic E-state index is 0.408. The van der Waals surface area contributed by atoms with E-state index >= 15 is 0 Å². The maximum atomic E-state index is 6.31. The lowest BCUT2D eigenvalue weighted by atomic mass is 9.86. The maximum Gasteiger partial charge on any atom is 0.0619 e. The van der Waals surface area contributed by atoms with E-state index in [0.717, 1.165) is 13.0 Å². The standard InChI is InChI=1S/C14H27NO2/c1-16-12-6-4-7-13(9-12)17-14-8-3-2-5-11(14)10-15/h11-14H,2-10,15H2,1H3. The van der Waals surface area contributed by atoms with Gasteiger partial charge in [-0.05, 0) is 51.0 Å². The molecule has 0 spiro atoms. The van der Waals surface area contributed by atoms with Crippen molar-refractivity contribution in [3.8, 4) is 0 Å². The molecule has 0 radical (unpaired) electrons. The Balaban J connectivity index is 1.81. The van der Waals surface area contributed by atoms with Crippen LogP contribution in [0, 0.1) is 5.92 Å². The first-order valence-corrected chi connectivity index (χ1v) is 7.21. The summed E-state index contributed by atoms with van der Waals surface area (Å²) in [6.45, 7) is 0.783. The van der Waals surface area contributed by atoms with Gasteiger partial charge in [-0.15, -0.1) is 0 Å². The third-order valence-electron chi connectivity index (χ3n) is 4.42. The van der Waals surface area contributed by atoms with Gasteiger partial charge in [0.1, 0.15) is 0 Å². The molecule has 4 atom stereocenters. The molecule has 0 aliphatic heterocycles. The highest BCUT2D eigenvalue weighted by atomic mass is 16.5. The highest BCUT2D eigenvalue weighted by Crippen LogP contribution is 2.31. The van der Waals surface area contributed by atoms with E-state index in [-0.39, 0.29) is 0 Å². The van der Waals surface area contributed by atoms with E-state index in [4.69, 9.17) is 15.2 Å². The Kier molecular flexibility index (Phi) is 5.26. The van der Waals surface area contributed by atoms with Crippen molar-refractivity contribution < 1.29 is 9.47 Å². The zero-order valence-corrected chi connectivity index (χ0v) is 11.1. The first-order chi connectivity index (χ1) is 8.33. The van der Waals surface area contributed by atoms with Crippen LogP contribution in [0.25, 0.3) is 0 Å². The van der Waals surface area contributed by atoms with Crippen LogP contribution < -0.4 is 5.73 Å². The number of rotatable bonds is 4. The van der Waals surface area contributed by atoms with Gasteiger partial charge in [-0.25, -0.2) is 0 Å². The van der Waals surface area contributed by atoms with Crippen molar-refractivity contribution in [2.45, 2.75) is 69.7 Å². The number of methoxy groups -OCH3 is 1. The average Bonchev–Trinajstić information content (AvgIpc) is 2.39. The molecule has 4 unspecified atom stereocenters. The highest BCUT2D eigenvalue weighted by molar-refractivity contribution is 4.80. The van der Waals surface area contributed by atoms with Crippen molar-refractivity contribution >= 4 is 0 Å². The summed E-state index contributed by atoms with van der Waals surface area (Å²) >= 11 is 0. The lowest BCUT2D eigenvalue weighted by Crippen LogP contribution is -2.38. The monoisotopic (exact) mass is 241 g/mol. The summed E-state index contributed by atoms with van der Waals surface area (Å²) in [5, 5.41) is 0. The van der Waals surface area contributed by atoms with Crippen molar-refractivity contribution in [3.05, 3.63) is 0 Å². The van der Waals surface area contributed by atoms with Gasteiger partial charge in [0, 0.05) is 7.11 Å². The molecule has 0 amide bonds. The van der Waals surface area contributed by atoms with E-state index in [1.807, 2.05) is 7.11 Å². The third kappa shape index (κ3) is 3.67. The molecular formula is C14H27NO2. The van der Waals surface area contributed by atoms with Gasteiger partial charge in [0.25, 0.3) is 0 Å². The molecule has 0 bridgehead atoms. The van der Waals surface area contributed by atoms with Gasteiger partial charge in [-0.2, -0.15) is 0 Å². The van der Waals surface area contributed by atoms with E-state index in [1.54, 1.807) is 0 Å². The SMILES string of the molecule is COC1CCCC(OC2CCCCC2CN)C1. The zero-order valence-electron chi connectivity index (χ0n) is 11.1. The molecule has 2 aliphatic carbocycles. The van der Waals surface area contributed by atoms with Crippen LogP contribution >= 0.6 is 0 Å². The molecule has 2 saturated carbocycles. The van der Waals surface area contributed by atoms with Gasteiger partial charge >= 0.3 is 0 Å². The fourth-order valence-electron chi connectivity index (χ4n) is 3.31. The first kappa shape index (κ1) is 13.3. The predicted molar refractivity (Wildman–Crippen MR) is 68.9 cm³/mol. The van der Waals surface area contributed by atoms with E-state index in [1.165, 1.54) is 44.9 Å². The molecule has 3 heteroatoms. The Morgan fingerprint density at radius 3 is 2.53 bits per heavy atom. The second kappa shape index (κ2) is 6.72. The number of hydrogen-bond acceptors (Lipinski definition) is 3. The third-order valence-corrected chi connectivity index (χ3v) is 4.42. The van der Waals surface area contributed by atoms with E-state index in [0.29, 0.717) is 24.2 Å². The first-order valence-electron chi connectivity index (χ1n) is 7.21. The molecule has 0 aromatic heterocycles. The molecule has 2 rings (SSSR count). The quantitative estimate of drug-likeness (QED) is 0.822. The van der Waals surface area contributed by atoms with Crippen LogP contribution in [0.4, 0.5) is 0 Å². The van der Waals surface area contributed by atoms with Crippen molar-refractivity contribution in [2.75, 3.05) is 13.7 Å². The number of hydrogen-bond donors (Lipinski definition) is 1. The van der Waals surface area contributed by atoms with Crippen LogP contribution in [-0.4, -0.2) is 32.0 Å². The molecular weight excluding hydrogens is 214 g/mol. The van der Waals surface area contributed by atoms with Gasteiger partial charge in [0.2, 0.25) is 0 Å². The second-order valence-electron chi connectivity index (χ2n) is 5.60. The van der Waals surface area contributed by atoms with Gasteiger partial charge in [-0.3, -0.25) is 0 Å². The summed E-state index contributed by atoms with van der Waals surface area (Å²) < 4.78 is 11.8. The molecule has 17 heavy (non-hydrogen) atoms. The Morgan fingerprint density at radius 2 is 1.76 bits per heavy atom. The largest absolute Gasteiger partial charge is 0.381 e. The van der Waals surface area contributed by atoms with E-state index in [2.05, 4.69) is 0 Å². The fourth-order valence-corrected chi connectivity index (χ4v) is 3.31. The van der Waals surface area contributed by atoms with E-state index in [9.17, 15) is 0 Å². The minimum absolute atomic E-state index is 0.408. The summed E-state index contributed by atoms with van der Waals surface area (Å²) in [4.78, 5) is 0. The van der Waals surface area contributed by atoms with Crippen LogP contribution in [0.15, 0.2) is 0 Å². The van der Waals surface area contributed by atoms with Gasteiger partial charge in [0.15, 0.2) is 0 Å². The molecule has 0 heterocycles. The van der Waals surface area contributed by atoms with Crippen molar-refractivity contribution in [3.63, 3.8) is 0 Å². The molecule has 2 N–H and O–H groups in total. The highest BCUT2D eigenvalue weighted by Gasteiger charge is 2.30. The van der Waals surface area contributed by atoms with Gasteiger partial charge < -0.3 is 15.2 Å². The normalized spacial score (nSPS) is 39.2. The topological polar surface area (TPSA) is 44.5 Å². The van der Waals surface area contributed by atoms with Crippen molar-refractivity contribution in [1.82, 2.24) is 0 Å². The Labute approximate surface area is 105 Å². The summed E-state index contributed by atoms with van der Waals surface area (Å²) in [6, 6.07) is 0. The number of ether oxygens (including phenoxy) is 2. The van der Waals surface area contributed by atoms with Gasteiger partial charge in [-0.1, -0.05) is 12.8 Å². The van der Waals surface area contributed by atoms with Crippen LogP contribution in [-0.2, 0) is 9.47 Å². The Bertz CT molecular complexity index is 222. The molecule has 0 saturated heterocycles. The molecule has 3 nitrogen and oxygen atoms in total. The molecule has 2 aliphatic rings. The Morgan fingerprint density at radius 1 is 1.00 bits per heavy atom. The summed E-state index contributed by atoms with van der Waals surface area (Å²) in [5.41, 5.74) is 5.85. The average molecular weight is 241 g/mol. The van der Waals surface area contributed by atoms with Crippen molar-refractivity contribution in [1.29, 1.82) is 0 Å². The van der Waals surface area contributed by atoms with Crippen molar-refractivity contribution in [2.24, 2.45) is 11.7 Å². The predicted octanol–water partition coefficient (Wildman–Crippen LogP) is 2.48. The van der Waals surface area contributed by atoms with Crippen LogP contribution in [0.3, 0.4) is 0 Å². The fraction of sp³-hybridized carbons (Fsp3) is 1.00. The molecule has 0 aromatic carbocycles. The Hall–Kier alpha value is -0.120. The van der Waals surface area contributed by atoms with E-state index < -0.39 is 0 Å². The van der Waals surface area contributed by atoms with Crippen LogP contribution in [0.1, 0.15) is 51.4 Å². The van der Waals surface area contributed by atoms with Gasteiger partial charge in [0.05, 0.1) is 18.3 Å². The molecule has 0 aromatic rings. The summed E-state index contributed by atoms with van der Waals surface area (Å²) in [5.74, 6) is 0.590. The number of nitrogens with two attached hydrogens (primary N) is 1. The molecule has 2 fully saturated rings. The zero-order chi connectivity index (χ0) is 12.1. The minimum Gasteiger partial charge on any atom is -0.381 e. The lowest BCUT2D eigenvalue weighted by molar-refractivity contribution is -0.0930. The van der Waals surface area contributed by atoms with Crippen LogP contribution in [0.5, 0.6) is 0 Å². The summed E-state index contributed by atoms with van der Waals surface area (Å²) in [7, 11) is 1.82. The van der Waals surface area contributed by atoms with Crippen LogP contribution in [0.2, 0.25) is 0 Å².